The smallest absolute Gasteiger partial charge is 0.215 e. The molecule has 1 N–H and O–H groups in total. The van der Waals surface area contributed by atoms with Gasteiger partial charge in [-0.3, -0.25) is 0 Å². The molecule has 0 spiro atoms. The maximum absolute atomic E-state index is 6.28. The lowest BCUT2D eigenvalue weighted by atomic mass is 10.2. The number of pyridine rings is 1. The van der Waals surface area contributed by atoms with Gasteiger partial charge in [0.2, 0.25) is 5.88 Å². The van der Waals surface area contributed by atoms with Crippen molar-refractivity contribution in [3.63, 3.8) is 0 Å². The molecule has 0 bridgehead atoms. The van der Waals surface area contributed by atoms with Crippen LogP contribution < -0.4 is 4.74 Å². The summed E-state index contributed by atoms with van der Waals surface area (Å²) in [6.45, 7) is 2.50. The second-order valence-electron chi connectivity index (χ2n) is 4.14. The number of H-pyrrole nitrogens is 1. The van der Waals surface area contributed by atoms with Crippen LogP contribution in [-0.2, 0) is 0 Å². The summed E-state index contributed by atoms with van der Waals surface area (Å²) in [7, 11) is 0. The first-order valence-electron chi connectivity index (χ1n) is 6.13. The molecule has 6 heteroatoms. The lowest BCUT2D eigenvalue weighted by Crippen LogP contribution is -1.93. The molecule has 2 aromatic heterocycles. The van der Waals surface area contributed by atoms with Crippen LogP contribution in [0, 0.1) is 0 Å². The number of fused-ring (bicyclic) bond motifs is 1. The van der Waals surface area contributed by atoms with Gasteiger partial charge in [0, 0.05) is 16.1 Å². The molecule has 0 aliphatic heterocycles. The van der Waals surface area contributed by atoms with Gasteiger partial charge < -0.3 is 9.72 Å². The van der Waals surface area contributed by atoms with Crippen LogP contribution in [-0.4, -0.2) is 21.6 Å². The quantitative estimate of drug-likeness (QED) is 0.758. The van der Waals surface area contributed by atoms with Crippen molar-refractivity contribution in [1.82, 2.24) is 15.0 Å². The van der Waals surface area contributed by atoms with Crippen LogP contribution in [0.5, 0.6) is 5.88 Å². The Labute approximate surface area is 129 Å². The molecule has 0 aliphatic rings. The highest BCUT2D eigenvalue weighted by Gasteiger charge is 2.12. The third-order valence-corrected chi connectivity index (χ3v) is 4.12. The van der Waals surface area contributed by atoms with E-state index in [0.29, 0.717) is 29.0 Å². The van der Waals surface area contributed by atoms with Crippen LogP contribution in [0.3, 0.4) is 0 Å². The molecule has 2 heterocycles. The minimum absolute atomic E-state index is 0.568. The molecule has 0 atom stereocenters. The maximum atomic E-state index is 6.28. The van der Waals surface area contributed by atoms with E-state index in [1.807, 2.05) is 37.3 Å². The number of imidazole rings is 1. The Hall–Kier alpha value is -1.59. The SMILES string of the molecule is CCOc1ccc2[nH]c(-c3cccc(Br)c3Cl)nc2n1. The zero-order valence-electron chi connectivity index (χ0n) is 10.7. The topological polar surface area (TPSA) is 50.8 Å². The fourth-order valence-corrected chi connectivity index (χ4v) is 2.50. The van der Waals surface area contributed by atoms with Crippen LogP contribution in [0.25, 0.3) is 22.6 Å². The van der Waals surface area contributed by atoms with Gasteiger partial charge in [-0.1, -0.05) is 17.7 Å². The molecule has 1 aromatic carbocycles. The Morgan fingerprint density at radius 2 is 2.10 bits per heavy atom. The van der Waals surface area contributed by atoms with Crippen molar-refractivity contribution < 1.29 is 4.74 Å². The van der Waals surface area contributed by atoms with Gasteiger partial charge in [0.15, 0.2) is 5.65 Å². The van der Waals surface area contributed by atoms with Gasteiger partial charge in [0.25, 0.3) is 0 Å². The minimum atomic E-state index is 0.568. The molecule has 4 nitrogen and oxygen atoms in total. The van der Waals surface area contributed by atoms with E-state index < -0.39 is 0 Å². The standard InChI is InChI=1S/C14H11BrClN3O/c1-2-20-11-7-6-10-14(18-11)19-13(17-10)8-4-3-5-9(15)12(8)16/h3-7H,2H2,1H3,(H,17,18,19). The molecule has 3 rings (SSSR count). The third kappa shape index (κ3) is 2.39. The fraction of sp³-hybridized carbons (Fsp3) is 0.143. The number of aromatic nitrogens is 3. The van der Waals surface area contributed by atoms with Crippen molar-refractivity contribution in [2.75, 3.05) is 6.61 Å². The summed E-state index contributed by atoms with van der Waals surface area (Å²) < 4.78 is 6.21. The zero-order chi connectivity index (χ0) is 14.1. The summed E-state index contributed by atoms with van der Waals surface area (Å²) in [5.74, 6) is 1.26. The fourth-order valence-electron chi connectivity index (χ4n) is 1.92. The van der Waals surface area contributed by atoms with E-state index in [1.54, 1.807) is 0 Å². The van der Waals surface area contributed by atoms with E-state index in [4.69, 9.17) is 16.3 Å². The molecular weight excluding hydrogens is 342 g/mol. The molecule has 0 saturated heterocycles. The van der Waals surface area contributed by atoms with Gasteiger partial charge in [-0.05, 0) is 41.1 Å². The van der Waals surface area contributed by atoms with E-state index in [1.165, 1.54) is 0 Å². The lowest BCUT2D eigenvalue weighted by Gasteiger charge is -2.01. The van der Waals surface area contributed by atoms with E-state index in [0.717, 1.165) is 15.6 Å². The predicted molar refractivity (Wildman–Crippen MR) is 83.2 cm³/mol. The van der Waals surface area contributed by atoms with Crippen LogP contribution in [0.2, 0.25) is 5.02 Å². The number of halogens is 2. The van der Waals surface area contributed by atoms with Crippen molar-refractivity contribution in [3.05, 3.63) is 39.8 Å². The summed E-state index contributed by atoms with van der Waals surface area (Å²) in [4.78, 5) is 12.0. The molecule has 102 valence electrons. The highest BCUT2D eigenvalue weighted by atomic mass is 79.9. The Morgan fingerprint density at radius 1 is 1.25 bits per heavy atom. The number of rotatable bonds is 3. The number of hydrogen-bond acceptors (Lipinski definition) is 3. The molecular formula is C14H11BrClN3O. The molecule has 0 amide bonds. The van der Waals surface area contributed by atoms with Crippen molar-refractivity contribution >= 4 is 38.7 Å². The highest BCUT2D eigenvalue weighted by Crippen LogP contribution is 2.33. The normalized spacial score (nSPS) is 10.9. The van der Waals surface area contributed by atoms with Gasteiger partial charge in [-0.25, -0.2) is 4.98 Å². The molecule has 0 aliphatic carbocycles. The van der Waals surface area contributed by atoms with E-state index in [9.17, 15) is 0 Å². The summed E-state index contributed by atoms with van der Waals surface area (Å²) >= 11 is 9.69. The minimum Gasteiger partial charge on any atom is -0.478 e. The van der Waals surface area contributed by atoms with E-state index in [-0.39, 0.29) is 0 Å². The largest absolute Gasteiger partial charge is 0.478 e. The van der Waals surface area contributed by atoms with Gasteiger partial charge in [-0.2, -0.15) is 4.98 Å². The van der Waals surface area contributed by atoms with E-state index in [2.05, 4.69) is 30.9 Å². The monoisotopic (exact) mass is 351 g/mol. The Morgan fingerprint density at radius 3 is 2.90 bits per heavy atom. The van der Waals surface area contributed by atoms with Gasteiger partial charge in [0.1, 0.15) is 5.82 Å². The summed E-state index contributed by atoms with van der Waals surface area (Å²) in [6, 6.07) is 9.43. The Balaban J connectivity index is 2.10. The number of ether oxygens (including phenoxy) is 1. The second kappa shape index (κ2) is 5.42. The lowest BCUT2D eigenvalue weighted by molar-refractivity contribution is 0.328. The predicted octanol–water partition coefficient (Wildman–Crippen LogP) is 4.44. The zero-order valence-corrected chi connectivity index (χ0v) is 13.0. The number of nitrogens with one attached hydrogen (secondary N) is 1. The first-order chi connectivity index (χ1) is 9.69. The van der Waals surface area contributed by atoms with Crippen LogP contribution in [0.1, 0.15) is 6.92 Å². The van der Waals surface area contributed by atoms with Crippen molar-refractivity contribution in [1.29, 1.82) is 0 Å². The van der Waals surface area contributed by atoms with E-state index >= 15 is 0 Å². The number of benzene rings is 1. The number of aromatic amines is 1. The number of nitrogens with zero attached hydrogens (tertiary/aromatic N) is 2. The Kier molecular flexibility index (Phi) is 3.63. The molecule has 3 aromatic rings. The molecule has 20 heavy (non-hydrogen) atoms. The molecule has 0 radical (unpaired) electrons. The first kappa shape index (κ1) is 13.4. The molecule has 0 unspecified atom stereocenters. The summed E-state index contributed by atoms with van der Waals surface area (Å²) in [5, 5.41) is 0.622. The highest BCUT2D eigenvalue weighted by molar-refractivity contribution is 9.10. The van der Waals surface area contributed by atoms with Gasteiger partial charge in [-0.15, -0.1) is 0 Å². The van der Waals surface area contributed by atoms with Crippen LogP contribution in [0.15, 0.2) is 34.8 Å². The molecule has 0 saturated carbocycles. The van der Waals surface area contributed by atoms with Crippen LogP contribution in [0.4, 0.5) is 0 Å². The average molecular weight is 353 g/mol. The first-order valence-corrected chi connectivity index (χ1v) is 7.30. The number of hydrogen-bond donors (Lipinski definition) is 1. The summed E-state index contributed by atoms with van der Waals surface area (Å²) in [6.07, 6.45) is 0. The molecule has 0 fully saturated rings. The van der Waals surface area contributed by atoms with Crippen LogP contribution >= 0.6 is 27.5 Å². The van der Waals surface area contributed by atoms with Gasteiger partial charge >= 0.3 is 0 Å². The van der Waals surface area contributed by atoms with Crippen molar-refractivity contribution in [2.24, 2.45) is 0 Å². The average Bonchev–Trinajstić information content (AvgIpc) is 2.85. The van der Waals surface area contributed by atoms with Crippen molar-refractivity contribution in [2.45, 2.75) is 6.92 Å². The van der Waals surface area contributed by atoms with Gasteiger partial charge in [0.05, 0.1) is 17.1 Å². The third-order valence-electron chi connectivity index (χ3n) is 2.82. The Bertz CT molecular complexity index is 772. The summed E-state index contributed by atoms with van der Waals surface area (Å²) in [5.41, 5.74) is 2.29. The second-order valence-corrected chi connectivity index (χ2v) is 5.37. The maximum Gasteiger partial charge on any atom is 0.215 e. The van der Waals surface area contributed by atoms with Crippen molar-refractivity contribution in [3.8, 4) is 17.3 Å².